The van der Waals surface area contributed by atoms with E-state index in [9.17, 15) is 4.79 Å². The number of allylic oxidation sites excluding steroid dienone is 1. The van der Waals surface area contributed by atoms with Crippen molar-refractivity contribution < 1.29 is 4.79 Å². The number of benzene rings is 1. The number of anilines is 2. The summed E-state index contributed by atoms with van der Waals surface area (Å²) in [6.07, 6.45) is 10.2. The highest BCUT2D eigenvalue weighted by molar-refractivity contribution is 5.87. The number of aromatic amines is 1. The average molecular weight is 444 g/mol. The molecule has 3 aromatic rings. The molecule has 1 aromatic carbocycles. The number of carbonyl (C=O) groups is 1. The van der Waals surface area contributed by atoms with Crippen LogP contribution in [0.2, 0.25) is 0 Å². The lowest BCUT2D eigenvalue weighted by Crippen LogP contribution is -2.11. The lowest BCUT2D eigenvalue weighted by Gasteiger charge is -2.08. The fourth-order valence-corrected chi connectivity index (χ4v) is 3.63. The van der Waals surface area contributed by atoms with Crippen LogP contribution in [-0.4, -0.2) is 34.1 Å². The molecule has 2 heterocycles. The van der Waals surface area contributed by atoms with Crippen molar-refractivity contribution in [2.24, 2.45) is 4.99 Å². The molecule has 3 rings (SSSR count). The molecule has 3 N–H and O–H groups in total. The van der Waals surface area contributed by atoms with Gasteiger partial charge in [0.2, 0.25) is 12.4 Å². The number of hydrogen-bond donors (Lipinski definition) is 3. The first-order valence-electron chi connectivity index (χ1n) is 11.1. The summed E-state index contributed by atoms with van der Waals surface area (Å²) in [6, 6.07) is 10.2. The molecule has 0 aliphatic heterocycles. The lowest BCUT2D eigenvalue weighted by atomic mass is 10.1. The van der Waals surface area contributed by atoms with Gasteiger partial charge >= 0.3 is 0 Å². The van der Waals surface area contributed by atoms with Gasteiger partial charge in [0.25, 0.3) is 0 Å². The van der Waals surface area contributed by atoms with Gasteiger partial charge in [-0.15, -0.1) is 0 Å². The number of amides is 1. The summed E-state index contributed by atoms with van der Waals surface area (Å²) < 4.78 is 0. The number of rotatable bonds is 12. The molecule has 1 amide bonds. The summed E-state index contributed by atoms with van der Waals surface area (Å²) in [5.41, 5.74) is 5.78. The Morgan fingerprint density at radius 2 is 2.15 bits per heavy atom. The average Bonchev–Trinajstić information content (AvgIpc) is 3.23. The number of fused-ring (bicyclic) bond motifs is 1. The Bertz CT molecular complexity index is 1190. The van der Waals surface area contributed by atoms with Crippen LogP contribution in [0.4, 0.5) is 11.6 Å². The first kappa shape index (κ1) is 23.7. The molecule has 0 aliphatic carbocycles. The summed E-state index contributed by atoms with van der Waals surface area (Å²) >= 11 is 0. The van der Waals surface area contributed by atoms with Crippen molar-refractivity contribution in [3.8, 4) is 6.07 Å². The molecule has 0 bridgehead atoms. The van der Waals surface area contributed by atoms with Gasteiger partial charge < -0.3 is 15.6 Å². The normalized spacial score (nSPS) is 11.6. The van der Waals surface area contributed by atoms with Crippen molar-refractivity contribution in [3.63, 3.8) is 0 Å². The molecule has 33 heavy (non-hydrogen) atoms. The minimum Gasteiger partial charge on any atom is -0.359 e. The summed E-state index contributed by atoms with van der Waals surface area (Å²) in [5, 5.41) is 15.8. The Kier molecular flexibility index (Phi) is 8.71. The molecule has 8 nitrogen and oxygen atoms in total. The van der Waals surface area contributed by atoms with E-state index in [4.69, 9.17) is 5.26 Å². The van der Waals surface area contributed by atoms with Gasteiger partial charge in [-0.1, -0.05) is 12.5 Å². The molecule has 170 valence electrons. The number of aliphatic imine (C=N–C) groups is 1. The Balaban J connectivity index is 1.70. The second-order valence-electron chi connectivity index (χ2n) is 7.67. The van der Waals surface area contributed by atoms with E-state index in [-0.39, 0.29) is 6.42 Å². The Hall–Kier alpha value is -3.99. The van der Waals surface area contributed by atoms with Gasteiger partial charge in [-0.2, -0.15) is 5.26 Å². The molecule has 0 spiro atoms. The number of aromatic nitrogens is 3. The highest BCUT2D eigenvalue weighted by Crippen LogP contribution is 2.26. The molecule has 0 fully saturated rings. The van der Waals surface area contributed by atoms with Crippen LogP contribution in [0.5, 0.6) is 0 Å². The standard InChI is InChI=1S/C25H29N7O/c1-3-22(28-12-7-10-26)23-9-13-29-25(32-23)31-21-14-18(2)24-19(16-21)15-20(30-24)8-5-4-6-11-27-17-33/h3,9,12-17,30H,4-8,11H2,1-2H3,(H,27,33)(H,29,31,32)/b22-3-,28-12?. The Morgan fingerprint density at radius 1 is 1.27 bits per heavy atom. The van der Waals surface area contributed by atoms with Crippen LogP contribution in [0, 0.1) is 18.3 Å². The van der Waals surface area contributed by atoms with Gasteiger partial charge in [-0.3, -0.25) is 9.79 Å². The van der Waals surface area contributed by atoms with Crippen LogP contribution >= 0.6 is 0 Å². The molecule has 0 saturated heterocycles. The largest absolute Gasteiger partial charge is 0.359 e. The molecule has 0 saturated carbocycles. The van der Waals surface area contributed by atoms with Gasteiger partial charge in [0.1, 0.15) is 0 Å². The van der Waals surface area contributed by atoms with E-state index >= 15 is 0 Å². The van der Waals surface area contributed by atoms with E-state index in [0.717, 1.165) is 60.8 Å². The lowest BCUT2D eigenvalue weighted by molar-refractivity contribution is -0.109. The molecular formula is C25H29N7O. The highest BCUT2D eigenvalue weighted by Gasteiger charge is 2.08. The van der Waals surface area contributed by atoms with E-state index < -0.39 is 0 Å². The van der Waals surface area contributed by atoms with Crippen LogP contribution < -0.4 is 10.6 Å². The molecule has 2 aromatic heterocycles. The number of hydrogen-bond acceptors (Lipinski definition) is 6. The number of unbranched alkanes of at least 4 members (excludes halogenated alkanes) is 2. The van der Waals surface area contributed by atoms with Gasteiger partial charge in [0, 0.05) is 41.2 Å². The maximum Gasteiger partial charge on any atom is 0.227 e. The monoisotopic (exact) mass is 443 g/mol. The van der Waals surface area contributed by atoms with Gasteiger partial charge in [-0.25, -0.2) is 9.97 Å². The quantitative estimate of drug-likeness (QED) is 0.211. The Morgan fingerprint density at radius 3 is 2.94 bits per heavy atom. The zero-order valence-electron chi connectivity index (χ0n) is 19.1. The zero-order valence-corrected chi connectivity index (χ0v) is 19.1. The number of H-pyrrole nitrogens is 1. The van der Waals surface area contributed by atoms with Crippen LogP contribution in [0.25, 0.3) is 16.6 Å². The van der Waals surface area contributed by atoms with Crippen LogP contribution in [0.15, 0.2) is 41.5 Å². The van der Waals surface area contributed by atoms with Gasteiger partial charge in [-0.05, 0) is 62.9 Å². The summed E-state index contributed by atoms with van der Waals surface area (Å²) in [7, 11) is 0. The maximum atomic E-state index is 10.3. The van der Waals surface area contributed by atoms with E-state index in [1.54, 1.807) is 18.5 Å². The van der Waals surface area contributed by atoms with Crippen molar-refractivity contribution in [1.82, 2.24) is 20.3 Å². The van der Waals surface area contributed by atoms with E-state index in [1.165, 1.54) is 5.69 Å². The smallest absolute Gasteiger partial charge is 0.227 e. The summed E-state index contributed by atoms with van der Waals surface area (Å²) in [6.45, 7) is 4.70. The van der Waals surface area contributed by atoms with Crippen molar-refractivity contribution in [2.45, 2.75) is 46.0 Å². The van der Waals surface area contributed by atoms with Crippen LogP contribution in [0.3, 0.4) is 0 Å². The predicted molar refractivity (Wildman–Crippen MR) is 132 cm³/mol. The molecule has 0 atom stereocenters. The predicted octanol–water partition coefficient (Wildman–Crippen LogP) is 4.81. The SMILES string of the molecule is C/C=C(\N=CCC#N)c1ccnc(Nc2cc(C)c3[nH]c(CCCCCNC=O)cc3c2)n1. The van der Waals surface area contributed by atoms with Gasteiger partial charge in [0.15, 0.2) is 0 Å². The fraction of sp³-hybridized carbons (Fsp3) is 0.320. The fourth-order valence-electron chi connectivity index (χ4n) is 3.63. The topological polar surface area (TPSA) is 119 Å². The number of nitriles is 1. The first-order valence-corrected chi connectivity index (χ1v) is 11.1. The third-order valence-corrected chi connectivity index (χ3v) is 5.19. The number of carbonyl (C=O) groups excluding carboxylic acids is 1. The number of aryl methyl sites for hydroxylation is 2. The maximum absolute atomic E-state index is 10.3. The molecule has 8 heteroatoms. The van der Waals surface area contributed by atoms with Crippen LogP contribution in [-0.2, 0) is 11.2 Å². The highest BCUT2D eigenvalue weighted by atomic mass is 16.1. The molecular weight excluding hydrogens is 414 g/mol. The number of nitrogens with one attached hydrogen (secondary N) is 3. The van der Waals surface area contributed by atoms with E-state index in [0.29, 0.717) is 17.3 Å². The van der Waals surface area contributed by atoms with E-state index in [1.807, 2.05) is 19.1 Å². The van der Waals surface area contributed by atoms with E-state index in [2.05, 4.69) is 55.7 Å². The van der Waals surface area contributed by atoms with Crippen molar-refractivity contribution in [2.75, 3.05) is 11.9 Å². The Labute approximate surface area is 193 Å². The van der Waals surface area contributed by atoms with Crippen LogP contribution in [0.1, 0.15) is 49.6 Å². The number of nitrogens with zero attached hydrogens (tertiary/aromatic N) is 4. The first-order chi connectivity index (χ1) is 16.1. The second kappa shape index (κ2) is 12.2. The summed E-state index contributed by atoms with van der Waals surface area (Å²) in [5.74, 6) is 0.487. The third kappa shape index (κ3) is 6.74. The van der Waals surface area contributed by atoms with Crippen molar-refractivity contribution >= 4 is 40.9 Å². The summed E-state index contributed by atoms with van der Waals surface area (Å²) in [4.78, 5) is 27.1. The molecule has 0 radical (unpaired) electrons. The second-order valence-corrected chi connectivity index (χ2v) is 7.67. The minimum atomic E-state index is 0.253. The van der Waals surface area contributed by atoms with Crippen molar-refractivity contribution in [1.29, 1.82) is 5.26 Å². The zero-order chi connectivity index (χ0) is 23.5. The minimum absolute atomic E-state index is 0.253. The van der Waals surface area contributed by atoms with Crippen molar-refractivity contribution in [3.05, 3.63) is 53.5 Å². The van der Waals surface area contributed by atoms with Gasteiger partial charge in [0.05, 0.1) is 23.9 Å². The molecule has 0 unspecified atom stereocenters. The third-order valence-electron chi connectivity index (χ3n) is 5.19. The molecule has 0 aliphatic rings.